The largest absolute Gasteiger partial charge is 0.468 e. The minimum Gasteiger partial charge on any atom is -0.468 e. The predicted molar refractivity (Wildman–Crippen MR) is 45.4 cm³/mol. The van der Waals surface area contributed by atoms with Gasteiger partial charge in [-0.2, -0.15) is 5.26 Å². The van der Waals surface area contributed by atoms with Gasteiger partial charge in [-0.15, -0.1) is 0 Å². The molecular formula is C10H6NO. The van der Waals surface area contributed by atoms with Crippen molar-refractivity contribution in [1.29, 1.82) is 5.26 Å². The van der Waals surface area contributed by atoms with Gasteiger partial charge in [-0.3, -0.25) is 0 Å². The molecule has 1 aromatic carbocycles. The van der Waals surface area contributed by atoms with Gasteiger partial charge in [0.25, 0.3) is 0 Å². The van der Waals surface area contributed by atoms with E-state index in [-0.39, 0.29) is 0 Å². The molecule has 0 saturated carbocycles. The maximum atomic E-state index is 8.61. The molecule has 0 unspecified atom stereocenters. The van der Waals surface area contributed by atoms with Crippen LogP contribution in [0.3, 0.4) is 0 Å². The van der Waals surface area contributed by atoms with Crippen molar-refractivity contribution in [2.45, 2.75) is 0 Å². The summed E-state index contributed by atoms with van der Waals surface area (Å²) in [5.41, 5.74) is 0.642. The van der Waals surface area contributed by atoms with E-state index < -0.39 is 0 Å². The molecule has 2 heteroatoms. The van der Waals surface area contributed by atoms with Crippen molar-refractivity contribution in [2.75, 3.05) is 0 Å². The highest BCUT2D eigenvalue weighted by Crippen LogP contribution is 2.20. The fraction of sp³-hybridized carbons (Fsp3) is 0. The van der Waals surface area contributed by atoms with Crippen molar-refractivity contribution in [3.8, 4) is 6.07 Å². The SMILES string of the molecule is [CH2]c1occ2cc(C#N)ccc12. The van der Waals surface area contributed by atoms with E-state index in [1.807, 2.05) is 6.07 Å². The van der Waals surface area contributed by atoms with E-state index in [4.69, 9.17) is 9.68 Å². The van der Waals surface area contributed by atoms with Crippen LogP contribution in [0, 0.1) is 18.3 Å². The van der Waals surface area contributed by atoms with Crippen LogP contribution in [-0.4, -0.2) is 0 Å². The minimum atomic E-state index is 0.642. The Morgan fingerprint density at radius 2 is 2.25 bits per heavy atom. The van der Waals surface area contributed by atoms with Crippen LogP contribution in [0.15, 0.2) is 28.9 Å². The highest BCUT2D eigenvalue weighted by atomic mass is 16.3. The van der Waals surface area contributed by atoms with Crippen LogP contribution in [0.5, 0.6) is 0 Å². The zero-order chi connectivity index (χ0) is 8.55. The molecule has 0 aliphatic heterocycles. The minimum absolute atomic E-state index is 0.642. The second-order valence-corrected chi connectivity index (χ2v) is 2.57. The van der Waals surface area contributed by atoms with E-state index in [0.717, 1.165) is 10.8 Å². The quantitative estimate of drug-likeness (QED) is 0.587. The molecule has 0 N–H and O–H groups in total. The molecule has 12 heavy (non-hydrogen) atoms. The van der Waals surface area contributed by atoms with Crippen molar-refractivity contribution in [3.05, 3.63) is 42.7 Å². The maximum absolute atomic E-state index is 8.61. The first kappa shape index (κ1) is 6.93. The fourth-order valence-electron chi connectivity index (χ4n) is 1.18. The van der Waals surface area contributed by atoms with Gasteiger partial charge in [-0.05, 0) is 18.2 Å². The molecule has 0 amide bonds. The van der Waals surface area contributed by atoms with E-state index in [0.29, 0.717) is 11.3 Å². The summed E-state index contributed by atoms with van der Waals surface area (Å²) in [6.07, 6.45) is 1.61. The van der Waals surface area contributed by atoms with Crippen molar-refractivity contribution < 1.29 is 4.42 Å². The first-order valence-electron chi connectivity index (χ1n) is 3.54. The molecule has 1 radical (unpaired) electrons. The predicted octanol–water partition coefficient (Wildman–Crippen LogP) is 2.49. The lowest BCUT2D eigenvalue weighted by Crippen LogP contribution is -1.72. The molecule has 0 bridgehead atoms. The molecule has 0 saturated heterocycles. The lowest BCUT2D eigenvalue weighted by atomic mass is 10.1. The molecule has 57 valence electrons. The first-order valence-corrected chi connectivity index (χ1v) is 3.54. The second-order valence-electron chi connectivity index (χ2n) is 2.57. The van der Waals surface area contributed by atoms with Crippen molar-refractivity contribution in [2.24, 2.45) is 0 Å². The molecule has 0 atom stereocenters. The molecule has 0 aliphatic carbocycles. The van der Waals surface area contributed by atoms with Gasteiger partial charge in [0.15, 0.2) is 0 Å². The van der Waals surface area contributed by atoms with Crippen LogP contribution in [0.1, 0.15) is 11.3 Å². The lowest BCUT2D eigenvalue weighted by molar-refractivity contribution is 0.554. The van der Waals surface area contributed by atoms with Gasteiger partial charge in [0.1, 0.15) is 5.76 Å². The zero-order valence-electron chi connectivity index (χ0n) is 6.37. The Labute approximate surface area is 70.0 Å². The van der Waals surface area contributed by atoms with E-state index in [1.54, 1.807) is 18.4 Å². The van der Waals surface area contributed by atoms with Crippen molar-refractivity contribution in [3.63, 3.8) is 0 Å². The highest BCUT2D eigenvalue weighted by molar-refractivity contribution is 5.85. The smallest absolute Gasteiger partial charge is 0.112 e. The van der Waals surface area contributed by atoms with E-state index in [9.17, 15) is 0 Å². The summed E-state index contributed by atoms with van der Waals surface area (Å²) in [6.45, 7) is 3.71. The molecule has 0 fully saturated rings. The number of hydrogen-bond donors (Lipinski definition) is 0. The summed E-state index contributed by atoms with van der Waals surface area (Å²) in [6, 6.07) is 7.45. The van der Waals surface area contributed by atoms with Crippen LogP contribution in [-0.2, 0) is 0 Å². The Hall–Kier alpha value is -1.75. The molecule has 2 nitrogen and oxygen atoms in total. The number of hydrogen-bond acceptors (Lipinski definition) is 2. The van der Waals surface area contributed by atoms with Crippen molar-refractivity contribution in [1.82, 2.24) is 0 Å². The van der Waals surface area contributed by atoms with Crippen LogP contribution in [0.4, 0.5) is 0 Å². The Bertz CT molecular complexity index is 462. The normalized spacial score (nSPS) is 10.0. The van der Waals surface area contributed by atoms with Crippen LogP contribution < -0.4 is 0 Å². The van der Waals surface area contributed by atoms with Gasteiger partial charge >= 0.3 is 0 Å². The lowest BCUT2D eigenvalue weighted by Gasteiger charge is -1.89. The molecule has 2 rings (SSSR count). The van der Waals surface area contributed by atoms with Crippen LogP contribution in [0.25, 0.3) is 10.8 Å². The third-order valence-electron chi connectivity index (χ3n) is 1.81. The molecular weight excluding hydrogens is 150 g/mol. The van der Waals surface area contributed by atoms with Gasteiger partial charge in [-0.25, -0.2) is 0 Å². The molecule has 0 aliphatic rings. The highest BCUT2D eigenvalue weighted by Gasteiger charge is 2.01. The monoisotopic (exact) mass is 156 g/mol. The maximum Gasteiger partial charge on any atom is 0.112 e. The molecule has 2 aromatic rings. The van der Waals surface area contributed by atoms with Crippen LogP contribution >= 0.6 is 0 Å². The Kier molecular flexibility index (Phi) is 1.38. The Balaban J connectivity index is 2.80. The number of rotatable bonds is 0. The number of fused-ring (bicyclic) bond motifs is 1. The summed E-state index contributed by atoms with van der Waals surface area (Å²) in [5.74, 6) is 0.648. The van der Waals surface area contributed by atoms with Gasteiger partial charge in [0.2, 0.25) is 0 Å². The summed E-state index contributed by atoms with van der Waals surface area (Å²) >= 11 is 0. The summed E-state index contributed by atoms with van der Waals surface area (Å²) in [7, 11) is 0. The van der Waals surface area contributed by atoms with Gasteiger partial charge in [-0.1, -0.05) is 0 Å². The van der Waals surface area contributed by atoms with Crippen molar-refractivity contribution >= 4 is 10.8 Å². The number of benzene rings is 1. The first-order chi connectivity index (χ1) is 5.81. The fourth-order valence-corrected chi connectivity index (χ4v) is 1.18. The Morgan fingerprint density at radius 3 is 3.00 bits per heavy atom. The average Bonchev–Trinajstić information content (AvgIpc) is 2.47. The third kappa shape index (κ3) is 0.876. The second kappa shape index (κ2) is 2.38. The summed E-state index contributed by atoms with van der Waals surface area (Å²) < 4.78 is 5.09. The standard InChI is InChI=1S/C10H6NO/c1-7-10-3-2-8(5-11)4-9(10)6-12-7/h2-4,6H,1H2. The van der Waals surface area contributed by atoms with E-state index >= 15 is 0 Å². The molecule has 0 spiro atoms. The number of nitriles is 1. The van der Waals surface area contributed by atoms with Crippen LogP contribution in [0.2, 0.25) is 0 Å². The average molecular weight is 156 g/mol. The number of furan rings is 1. The molecule has 1 aromatic heterocycles. The number of nitrogens with zero attached hydrogens (tertiary/aromatic N) is 1. The summed E-state index contributed by atoms with van der Waals surface area (Å²) in [4.78, 5) is 0. The third-order valence-corrected chi connectivity index (χ3v) is 1.81. The zero-order valence-corrected chi connectivity index (χ0v) is 6.37. The Morgan fingerprint density at radius 1 is 1.42 bits per heavy atom. The van der Waals surface area contributed by atoms with E-state index in [1.165, 1.54) is 0 Å². The topological polar surface area (TPSA) is 36.9 Å². The molecule has 1 heterocycles. The van der Waals surface area contributed by atoms with Gasteiger partial charge < -0.3 is 4.42 Å². The summed E-state index contributed by atoms with van der Waals surface area (Å²) in [5, 5.41) is 10.5. The van der Waals surface area contributed by atoms with Gasteiger partial charge in [0.05, 0.1) is 17.9 Å². The van der Waals surface area contributed by atoms with E-state index in [2.05, 4.69) is 13.0 Å². The van der Waals surface area contributed by atoms with Gasteiger partial charge in [0, 0.05) is 17.7 Å².